The molecule has 1 aromatic carbocycles. The number of carbonyl (C=O) groups is 2. The van der Waals surface area contributed by atoms with E-state index in [-0.39, 0.29) is 18.4 Å². The Bertz CT molecular complexity index is 544. The van der Waals surface area contributed by atoms with E-state index in [9.17, 15) is 9.59 Å². The zero-order valence-electron chi connectivity index (χ0n) is 12.5. The summed E-state index contributed by atoms with van der Waals surface area (Å²) >= 11 is 0. The molecule has 0 bridgehead atoms. The Hall–Kier alpha value is -1.84. The summed E-state index contributed by atoms with van der Waals surface area (Å²) in [7, 11) is 0. The zero-order chi connectivity index (χ0) is 14.9. The third-order valence-corrected chi connectivity index (χ3v) is 4.70. The summed E-state index contributed by atoms with van der Waals surface area (Å²) in [6.07, 6.45) is 5.67. The maximum atomic E-state index is 12.9. The first-order chi connectivity index (χ1) is 10.1. The molecule has 1 N–H and O–H groups in total. The Kier molecular flexibility index (Phi) is 3.70. The van der Waals surface area contributed by atoms with Crippen molar-refractivity contribution >= 4 is 17.5 Å². The van der Waals surface area contributed by atoms with Crippen LogP contribution in [0.3, 0.4) is 0 Å². The predicted octanol–water partition coefficient (Wildman–Crippen LogP) is 2.41. The number of benzene rings is 1. The lowest BCUT2D eigenvalue weighted by Gasteiger charge is -2.44. The van der Waals surface area contributed by atoms with E-state index in [2.05, 4.69) is 12.2 Å². The van der Waals surface area contributed by atoms with Crippen LogP contribution in [0.15, 0.2) is 24.3 Å². The van der Waals surface area contributed by atoms with Crippen molar-refractivity contribution in [3.8, 4) is 0 Å². The van der Waals surface area contributed by atoms with Gasteiger partial charge in [-0.1, -0.05) is 38.3 Å². The SMILES string of the molecule is CCc1ccc(N2CC(=O)NC3(CCCCC3)C2=O)cc1. The highest BCUT2D eigenvalue weighted by Crippen LogP contribution is 2.33. The lowest BCUT2D eigenvalue weighted by Crippen LogP contribution is -2.67. The smallest absolute Gasteiger partial charge is 0.253 e. The number of hydrogen-bond acceptors (Lipinski definition) is 2. The van der Waals surface area contributed by atoms with E-state index in [4.69, 9.17) is 0 Å². The summed E-state index contributed by atoms with van der Waals surface area (Å²) in [6.45, 7) is 2.23. The van der Waals surface area contributed by atoms with Crippen molar-refractivity contribution in [2.75, 3.05) is 11.4 Å². The fourth-order valence-electron chi connectivity index (χ4n) is 3.45. The minimum atomic E-state index is -0.656. The van der Waals surface area contributed by atoms with E-state index in [1.165, 1.54) is 5.56 Å². The number of hydrogen-bond donors (Lipinski definition) is 1. The standard InChI is InChI=1S/C17H22N2O2/c1-2-13-6-8-14(9-7-13)19-12-15(20)18-17(16(19)21)10-4-3-5-11-17/h6-9H,2-5,10-12H2,1H3,(H,18,20). The first kappa shape index (κ1) is 14.1. The molecule has 2 amide bonds. The van der Waals surface area contributed by atoms with Gasteiger partial charge in [-0.15, -0.1) is 0 Å². The first-order valence-electron chi connectivity index (χ1n) is 7.86. The second-order valence-corrected chi connectivity index (χ2v) is 6.10. The molecule has 1 spiro atoms. The Balaban J connectivity index is 1.89. The average Bonchev–Trinajstić information content (AvgIpc) is 2.52. The summed E-state index contributed by atoms with van der Waals surface area (Å²) in [5.74, 6) is 0.0158. The number of amides is 2. The molecule has 4 nitrogen and oxygen atoms in total. The van der Waals surface area contributed by atoms with Crippen LogP contribution in [0.5, 0.6) is 0 Å². The Morgan fingerprint density at radius 2 is 1.76 bits per heavy atom. The first-order valence-corrected chi connectivity index (χ1v) is 7.86. The molecule has 1 aliphatic carbocycles. The van der Waals surface area contributed by atoms with Crippen LogP contribution in [-0.2, 0) is 16.0 Å². The molecule has 0 atom stereocenters. The van der Waals surface area contributed by atoms with E-state index in [1.807, 2.05) is 24.3 Å². The fourth-order valence-corrected chi connectivity index (χ4v) is 3.45. The predicted molar refractivity (Wildman–Crippen MR) is 82.1 cm³/mol. The van der Waals surface area contributed by atoms with Crippen molar-refractivity contribution in [3.05, 3.63) is 29.8 Å². The second-order valence-electron chi connectivity index (χ2n) is 6.10. The van der Waals surface area contributed by atoms with Gasteiger partial charge in [0.25, 0.3) is 5.91 Å². The number of nitrogens with zero attached hydrogens (tertiary/aromatic N) is 1. The van der Waals surface area contributed by atoms with Crippen molar-refractivity contribution in [1.29, 1.82) is 0 Å². The molecular formula is C17H22N2O2. The Morgan fingerprint density at radius 1 is 1.10 bits per heavy atom. The quantitative estimate of drug-likeness (QED) is 0.907. The molecule has 112 valence electrons. The van der Waals surface area contributed by atoms with Crippen LogP contribution in [0.4, 0.5) is 5.69 Å². The molecular weight excluding hydrogens is 264 g/mol. The Labute approximate surface area is 125 Å². The molecule has 1 aromatic rings. The zero-order valence-corrected chi connectivity index (χ0v) is 12.5. The summed E-state index contributed by atoms with van der Waals surface area (Å²) in [4.78, 5) is 26.7. The molecule has 1 aliphatic heterocycles. The van der Waals surface area contributed by atoms with Crippen LogP contribution < -0.4 is 10.2 Å². The molecule has 1 saturated heterocycles. The van der Waals surface area contributed by atoms with E-state index >= 15 is 0 Å². The van der Waals surface area contributed by atoms with Crippen molar-refractivity contribution in [2.45, 2.75) is 51.0 Å². The number of rotatable bonds is 2. The van der Waals surface area contributed by atoms with Gasteiger partial charge in [-0.3, -0.25) is 9.59 Å². The van der Waals surface area contributed by atoms with Crippen LogP contribution in [0, 0.1) is 0 Å². The highest BCUT2D eigenvalue weighted by Gasteiger charge is 2.47. The van der Waals surface area contributed by atoms with Crippen molar-refractivity contribution in [3.63, 3.8) is 0 Å². The Morgan fingerprint density at radius 3 is 2.38 bits per heavy atom. The maximum Gasteiger partial charge on any atom is 0.253 e. The minimum Gasteiger partial charge on any atom is -0.340 e. The monoisotopic (exact) mass is 286 g/mol. The van der Waals surface area contributed by atoms with E-state index in [1.54, 1.807) is 4.90 Å². The van der Waals surface area contributed by atoms with Gasteiger partial charge in [0.15, 0.2) is 0 Å². The maximum absolute atomic E-state index is 12.9. The van der Waals surface area contributed by atoms with Gasteiger partial charge >= 0.3 is 0 Å². The molecule has 0 unspecified atom stereocenters. The van der Waals surface area contributed by atoms with Gasteiger partial charge in [0.05, 0.1) is 0 Å². The van der Waals surface area contributed by atoms with Crippen molar-refractivity contribution in [2.24, 2.45) is 0 Å². The molecule has 0 radical (unpaired) electrons. The molecule has 2 fully saturated rings. The topological polar surface area (TPSA) is 49.4 Å². The number of anilines is 1. The minimum absolute atomic E-state index is 0.0453. The van der Waals surface area contributed by atoms with Crippen molar-refractivity contribution in [1.82, 2.24) is 5.32 Å². The fraction of sp³-hybridized carbons (Fsp3) is 0.529. The van der Waals surface area contributed by atoms with Crippen LogP contribution in [0.25, 0.3) is 0 Å². The van der Waals surface area contributed by atoms with Gasteiger partial charge in [0.1, 0.15) is 12.1 Å². The summed E-state index contributed by atoms with van der Waals surface area (Å²) in [5.41, 5.74) is 1.41. The van der Waals surface area contributed by atoms with Gasteiger partial charge in [-0.2, -0.15) is 0 Å². The van der Waals surface area contributed by atoms with Crippen LogP contribution in [0.2, 0.25) is 0 Å². The van der Waals surface area contributed by atoms with Gasteiger partial charge in [0, 0.05) is 5.69 Å². The molecule has 2 aliphatic rings. The largest absolute Gasteiger partial charge is 0.340 e. The van der Waals surface area contributed by atoms with Crippen LogP contribution in [0.1, 0.15) is 44.6 Å². The summed E-state index contributed by atoms with van der Waals surface area (Å²) < 4.78 is 0. The molecule has 1 saturated carbocycles. The molecule has 21 heavy (non-hydrogen) atoms. The summed E-state index contributed by atoms with van der Waals surface area (Å²) in [6, 6.07) is 7.96. The molecule has 1 heterocycles. The van der Waals surface area contributed by atoms with Crippen LogP contribution >= 0.6 is 0 Å². The van der Waals surface area contributed by atoms with Crippen LogP contribution in [-0.4, -0.2) is 23.9 Å². The lowest BCUT2D eigenvalue weighted by atomic mass is 9.79. The van der Waals surface area contributed by atoms with Gasteiger partial charge in [-0.25, -0.2) is 0 Å². The molecule has 0 aromatic heterocycles. The average molecular weight is 286 g/mol. The van der Waals surface area contributed by atoms with E-state index in [0.717, 1.165) is 44.2 Å². The van der Waals surface area contributed by atoms with E-state index < -0.39 is 5.54 Å². The number of nitrogens with one attached hydrogen (secondary N) is 1. The third-order valence-electron chi connectivity index (χ3n) is 4.70. The van der Waals surface area contributed by atoms with Crippen molar-refractivity contribution < 1.29 is 9.59 Å². The van der Waals surface area contributed by atoms with Gasteiger partial charge < -0.3 is 10.2 Å². The lowest BCUT2D eigenvalue weighted by molar-refractivity contribution is -0.137. The van der Waals surface area contributed by atoms with Gasteiger partial charge in [-0.05, 0) is 37.0 Å². The number of carbonyl (C=O) groups excluding carboxylic acids is 2. The normalized spacial score (nSPS) is 21.5. The second kappa shape index (κ2) is 5.51. The van der Waals surface area contributed by atoms with E-state index in [0.29, 0.717) is 0 Å². The summed E-state index contributed by atoms with van der Waals surface area (Å²) in [5, 5.41) is 2.97. The third kappa shape index (κ3) is 2.55. The molecule has 3 rings (SSSR count). The number of piperazine rings is 1. The number of aryl methyl sites for hydroxylation is 1. The highest BCUT2D eigenvalue weighted by molar-refractivity contribution is 6.09. The van der Waals surface area contributed by atoms with Gasteiger partial charge in [0.2, 0.25) is 5.91 Å². The highest BCUT2D eigenvalue weighted by atomic mass is 16.2. The molecule has 4 heteroatoms.